The van der Waals surface area contributed by atoms with Crippen molar-refractivity contribution >= 4 is 5.91 Å². The molecule has 0 saturated carbocycles. The zero-order valence-electron chi connectivity index (χ0n) is 14.6. The maximum Gasteiger partial charge on any atom is 0.220 e. The van der Waals surface area contributed by atoms with E-state index in [1.807, 2.05) is 13.2 Å². The Morgan fingerprint density at radius 2 is 1.75 bits per heavy atom. The number of rotatable bonds is 15. The summed E-state index contributed by atoms with van der Waals surface area (Å²) in [6.07, 6.45) is 2.85. The van der Waals surface area contributed by atoms with Crippen molar-refractivity contribution < 1.29 is 19.0 Å². The largest absolute Gasteiger partial charge is 0.378 e. The van der Waals surface area contributed by atoms with Crippen molar-refractivity contribution in [3.8, 4) is 0 Å². The highest BCUT2D eigenvalue weighted by Crippen LogP contribution is 1.98. The summed E-state index contributed by atoms with van der Waals surface area (Å²) < 4.78 is 17.9. The molecule has 0 bridgehead atoms. The SMILES string of the molecule is CNCCOCCOCCOCCn1cc(CCC(=O)NC)nn1. The van der Waals surface area contributed by atoms with Gasteiger partial charge in [0.05, 0.1) is 51.9 Å². The number of aromatic nitrogens is 3. The van der Waals surface area contributed by atoms with Crippen LogP contribution in [0.15, 0.2) is 6.20 Å². The van der Waals surface area contributed by atoms with E-state index in [1.165, 1.54) is 0 Å². The van der Waals surface area contributed by atoms with E-state index in [2.05, 4.69) is 20.9 Å². The molecular formula is C15H29N5O4. The van der Waals surface area contributed by atoms with Gasteiger partial charge in [0.15, 0.2) is 0 Å². The molecule has 0 atom stereocenters. The average molecular weight is 343 g/mol. The number of nitrogens with one attached hydrogen (secondary N) is 2. The third-order valence-electron chi connectivity index (χ3n) is 3.18. The van der Waals surface area contributed by atoms with E-state index in [1.54, 1.807) is 11.7 Å². The van der Waals surface area contributed by atoms with Crippen LogP contribution < -0.4 is 10.6 Å². The van der Waals surface area contributed by atoms with Crippen molar-refractivity contribution in [3.63, 3.8) is 0 Å². The van der Waals surface area contributed by atoms with Crippen molar-refractivity contribution in [2.24, 2.45) is 0 Å². The highest BCUT2D eigenvalue weighted by molar-refractivity contribution is 5.75. The van der Waals surface area contributed by atoms with Crippen LogP contribution in [-0.2, 0) is 32.0 Å². The molecule has 1 amide bonds. The fourth-order valence-corrected chi connectivity index (χ4v) is 1.80. The molecule has 0 aliphatic carbocycles. The van der Waals surface area contributed by atoms with E-state index in [-0.39, 0.29) is 5.91 Å². The van der Waals surface area contributed by atoms with Crippen LogP contribution in [0.4, 0.5) is 0 Å². The minimum absolute atomic E-state index is 0.000290. The number of carbonyl (C=O) groups excluding carboxylic acids is 1. The third kappa shape index (κ3) is 10.3. The molecular weight excluding hydrogens is 314 g/mol. The number of ether oxygens (including phenoxy) is 3. The van der Waals surface area contributed by atoms with Crippen LogP contribution in [0.25, 0.3) is 0 Å². The Hall–Kier alpha value is -1.55. The molecule has 0 aliphatic heterocycles. The normalized spacial score (nSPS) is 10.9. The minimum Gasteiger partial charge on any atom is -0.378 e. The summed E-state index contributed by atoms with van der Waals surface area (Å²) in [6, 6.07) is 0. The first-order valence-corrected chi connectivity index (χ1v) is 8.23. The van der Waals surface area contributed by atoms with Gasteiger partial charge in [0.2, 0.25) is 5.91 Å². The van der Waals surface area contributed by atoms with Gasteiger partial charge in [-0.25, -0.2) is 4.68 Å². The standard InChI is InChI=1S/C15H29N5O4/c1-16-5-7-22-9-11-24-12-10-23-8-6-20-13-14(18-19-20)3-4-15(21)17-2/h13,16H,3-12H2,1-2H3,(H,17,21). The monoisotopic (exact) mass is 343 g/mol. The third-order valence-corrected chi connectivity index (χ3v) is 3.18. The van der Waals surface area contributed by atoms with Gasteiger partial charge in [0.1, 0.15) is 0 Å². The van der Waals surface area contributed by atoms with Gasteiger partial charge in [-0.3, -0.25) is 4.79 Å². The Balaban J connectivity index is 1.94. The first kappa shape index (κ1) is 20.5. The Morgan fingerprint density at radius 3 is 2.42 bits per heavy atom. The lowest BCUT2D eigenvalue weighted by Gasteiger charge is -2.06. The molecule has 138 valence electrons. The smallest absolute Gasteiger partial charge is 0.220 e. The molecule has 0 spiro atoms. The van der Waals surface area contributed by atoms with E-state index in [9.17, 15) is 4.79 Å². The van der Waals surface area contributed by atoms with Crippen LogP contribution in [0.5, 0.6) is 0 Å². The number of amides is 1. The number of nitrogens with zero attached hydrogens (tertiary/aromatic N) is 3. The molecule has 0 aromatic carbocycles. The molecule has 0 aliphatic rings. The molecule has 0 saturated heterocycles. The summed E-state index contributed by atoms with van der Waals surface area (Å²) in [4.78, 5) is 11.2. The van der Waals surface area contributed by atoms with Crippen molar-refractivity contribution in [2.45, 2.75) is 19.4 Å². The van der Waals surface area contributed by atoms with Gasteiger partial charge in [0.25, 0.3) is 0 Å². The van der Waals surface area contributed by atoms with Crippen LogP contribution in [0.3, 0.4) is 0 Å². The first-order chi connectivity index (χ1) is 11.8. The summed E-state index contributed by atoms with van der Waals surface area (Å²) in [7, 11) is 3.51. The van der Waals surface area contributed by atoms with Crippen molar-refractivity contribution in [3.05, 3.63) is 11.9 Å². The van der Waals surface area contributed by atoms with E-state index < -0.39 is 0 Å². The lowest BCUT2D eigenvalue weighted by Crippen LogP contribution is -2.18. The van der Waals surface area contributed by atoms with E-state index in [0.717, 1.165) is 12.2 Å². The molecule has 1 aromatic rings. The number of hydrogen-bond donors (Lipinski definition) is 2. The summed E-state index contributed by atoms with van der Waals surface area (Å²) in [5, 5.41) is 13.6. The topological polar surface area (TPSA) is 99.5 Å². The number of likely N-dealkylation sites (N-methyl/N-ethyl adjacent to an activating group) is 1. The van der Waals surface area contributed by atoms with Gasteiger partial charge in [-0.15, -0.1) is 5.10 Å². The van der Waals surface area contributed by atoms with E-state index >= 15 is 0 Å². The second kappa shape index (κ2) is 13.8. The zero-order chi connectivity index (χ0) is 17.5. The predicted molar refractivity (Wildman–Crippen MR) is 88.8 cm³/mol. The highest BCUT2D eigenvalue weighted by atomic mass is 16.5. The van der Waals surface area contributed by atoms with Gasteiger partial charge in [-0.1, -0.05) is 5.21 Å². The molecule has 24 heavy (non-hydrogen) atoms. The van der Waals surface area contributed by atoms with Gasteiger partial charge in [-0.05, 0) is 7.05 Å². The zero-order valence-corrected chi connectivity index (χ0v) is 14.6. The van der Waals surface area contributed by atoms with Crippen molar-refractivity contribution in [2.75, 3.05) is 60.3 Å². The van der Waals surface area contributed by atoms with Crippen LogP contribution in [0.2, 0.25) is 0 Å². The molecule has 2 N–H and O–H groups in total. The molecule has 9 nitrogen and oxygen atoms in total. The summed E-state index contributed by atoms with van der Waals surface area (Å²) in [5.41, 5.74) is 0.806. The lowest BCUT2D eigenvalue weighted by molar-refractivity contribution is -0.120. The Kier molecular flexibility index (Phi) is 11.8. The quantitative estimate of drug-likeness (QED) is 0.403. The first-order valence-electron chi connectivity index (χ1n) is 8.23. The van der Waals surface area contributed by atoms with Gasteiger partial charge in [0, 0.05) is 32.6 Å². The molecule has 0 radical (unpaired) electrons. The number of aryl methyl sites for hydroxylation is 1. The average Bonchev–Trinajstić information content (AvgIpc) is 3.05. The number of carbonyl (C=O) groups is 1. The molecule has 1 aromatic heterocycles. The maximum atomic E-state index is 11.2. The second-order valence-corrected chi connectivity index (χ2v) is 5.09. The van der Waals surface area contributed by atoms with E-state index in [0.29, 0.717) is 59.0 Å². The summed E-state index contributed by atoms with van der Waals surface area (Å²) in [5.74, 6) is 0.000290. The molecule has 0 unspecified atom stereocenters. The van der Waals surface area contributed by atoms with Crippen molar-refractivity contribution in [1.82, 2.24) is 25.6 Å². The van der Waals surface area contributed by atoms with Crippen LogP contribution in [-0.4, -0.2) is 81.2 Å². The molecule has 9 heteroatoms. The Bertz CT molecular complexity index is 441. The van der Waals surface area contributed by atoms with Gasteiger partial charge < -0.3 is 24.8 Å². The van der Waals surface area contributed by atoms with Gasteiger partial charge >= 0.3 is 0 Å². The Labute approximate surface area is 143 Å². The predicted octanol–water partition coefficient (Wildman–Crippen LogP) is -0.774. The summed E-state index contributed by atoms with van der Waals surface area (Å²) in [6.45, 7) is 4.96. The fraction of sp³-hybridized carbons (Fsp3) is 0.800. The lowest BCUT2D eigenvalue weighted by atomic mass is 10.2. The van der Waals surface area contributed by atoms with Crippen LogP contribution in [0, 0.1) is 0 Å². The second-order valence-electron chi connectivity index (χ2n) is 5.09. The minimum atomic E-state index is 0.000290. The van der Waals surface area contributed by atoms with Gasteiger partial charge in [-0.2, -0.15) is 0 Å². The molecule has 1 heterocycles. The van der Waals surface area contributed by atoms with Crippen LogP contribution >= 0.6 is 0 Å². The molecule has 0 fully saturated rings. The molecule has 1 rings (SSSR count). The fourth-order valence-electron chi connectivity index (χ4n) is 1.80. The summed E-state index contributed by atoms with van der Waals surface area (Å²) >= 11 is 0. The van der Waals surface area contributed by atoms with E-state index in [4.69, 9.17) is 14.2 Å². The highest BCUT2D eigenvalue weighted by Gasteiger charge is 2.04. The maximum absolute atomic E-state index is 11.2. The van der Waals surface area contributed by atoms with Crippen LogP contribution in [0.1, 0.15) is 12.1 Å². The van der Waals surface area contributed by atoms with Crippen molar-refractivity contribution in [1.29, 1.82) is 0 Å². The Morgan fingerprint density at radius 1 is 1.08 bits per heavy atom. The number of hydrogen-bond acceptors (Lipinski definition) is 7.